The van der Waals surface area contributed by atoms with Crippen molar-refractivity contribution < 1.29 is 4.74 Å². The highest BCUT2D eigenvalue weighted by Crippen LogP contribution is 2.43. The van der Waals surface area contributed by atoms with E-state index in [-0.39, 0.29) is 5.41 Å². The molecule has 1 aliphatic carbocycles. The van der Waals surface area contributed by atoms with Crippen LogP contribution in [0.4, 0.5) is 0 Å². The van der Waals surface area contributed by atoms with Gasteiger partial charge < -0.3 is 15.4 Å². The molecule has 0 aliphatic heterocycles. The molecule has 22 heavy (non-hydrogen) atoms. The van der Waals surface area contributed by atoms with Crippen molar-refractivity contribution in [2.75, 3.05) is 33.4 Å². The third-order valence-electron chi connectivity index (χ3n) is 4.31. The summed E-state index contributed by atoms with van der Waals surface area (Å²) < 4.78 is 6.49. The Kier molecular flexibility index (Phi) is 6.70. The maximum atomic E-state index is 5.34. The van der Waals surface area contributed by atoms with Crippen molar-refractivity contribution in [3.63, 3.8) is 0 Å². The lowest BCUT2D eigenvalue weighted by Gasteiger charge is -2.43. The molecule has 4 nitrogen and oxygen atoms in total. The molecule has 1 fully saturated rings. The standard InChI is InChI=1S/C17H26BrN3O/c1-3-22-11-10-20-16(19-2)21-13-17(8-5-9-17)14-6-4-7-15(18)12-14/h4,6-7,12H,3,5,8-11,13H2,1-2H3,(H2,19,20,21). The smallest absolute Gasteiger partial charge is 0.191 e. The lowest BCUT2D eigenvalue weighted by molar-refractivity contribution is 0.152. The number of nitrogens with one attached hydrogen (secondary N) is 2. The molecule has 0 aromatic heterocycles. The van der Waals surface area contributed by atoms with Gasteiger partial charge in [-0.25, -0.2) is 0 Å². The molecule has 0 bridgehead atoms. The minimum absolute atomic E-state index is 0.237. The van der Waals surface area contributed by atoms with E-state index in [1.54, 1.807) is 0 Å². The molecule has 2 N–H and O–H groups in total. The van der Waals surface area contributed by atoms with Gasteiger partial charge in [-0.2, -0.15) is 0 Å². The number of hydrogen-bond donors (Lipinski definition) is 2. The van der Waals surface area contributed by atoms with E-state index in [0.717, 1.165) is 30.1 Å². The van der Waals surface area contributed by atoms with Crippen molar-refractivity contribution in [3.8, 4) is 0 Å². The van der Waals surface area contributed by atoms with Crippen LogP contribution in [0.3, 0.4) is 0 Å². The van der Waals surface area contributed by atoms with E-state index < -0.39 is 0 Å². The highest BCUT2D eigenvalue weighted by atomic mass is 79.9. The fourth-order valence-electron chi connectivity index (χ4n) is 2.85. The predicted molar refractivity (Wildman–Crippen MR) is 95.5 cm³/mol. The van der Waals surface area contributed by atoms with Crippen LogP contribution < -0.4 is 10.6 Å². The first-order chi connectivity index (χ1) is 10.7. The van der Waals surface area contributed by atoms with Gasteiger partial charge in [0.1, 0.15) is 0 Å². The maximum absolute atomic E-state index is 5.34. The van der Waals surface area contributed by atoms with Gasteiger partial charge in [0.15, 0.2) is 5.96 Å². The van der Waals surface area contributed by atoms with Gasteiger partial charge in [0.2, 0.25) is 0 Å². The number of aliphatic imine (C=N–C) groups is 1. The lowest BCUT2D eigenvalue weighted by Crippen LogP contribution is -2.49. The minimum Gasteiger partial charge on any atom is -0.380 e. The average Bonchev–Trinajstić information content (AvgIpc) is 2.48. The van der Waals surface area contributed by atoms with Crippen molar-refractivity contribution >= 4 is 21.9 Å². The first-order valence-corrected chi connectivity index (χ1v) is 8.78. The third kappa shape index (κ3) is 4.46. The quantitative estimate of drug-likeness (QED) is 0.442. The highest BCUT2D eigenvalue weighted by Gasteiger charge is 2.38. The van der Waals surface area contributed by atoms with Gasteiger partial charge in [0, 0.05) is 36.6 Å². The largest absolute Gasteiger partial charge is 0.380 e. The molecule has 1 aromatic carbocycles. The van der Waals surface area contributed by atoms with Crippen molar-refractivity contribution in [3.05, 3.63) is 34.3 Å². The Balaban J connectivity index is 1.90. The molecular formula is C17H26BrN3O. The molecule has 0 radical (unpaired) electrons. The van der Waals surface area contributed by atoms with E-state index in [0.29, 0.717) is 6.61 Å². The lowest BCUT2D eigenvalue weighted by atomic mass is 9.64. The molecule has 122 valence electrons. The fourth-order valence-corrected chi connectivity index (χ4v) is 3.25. The van der Waals surface area contributed by atoms with Crippen molar-refractivity contribution in [2.24, 2.45) is 4.99 Å². The number of ether oxygens (including phenoxy) is 1. The molecule has 0 heterocycles. The third-order valence-corrected chi connectivity index (χ3v) is 4.80. The summed E-state index contributed by atoms with van der Waals surface area (Å²) in [5.74, 6) is 0.848. The summed E-state index contributed by atoms with van der Waals surface area (Å²) in [6.07, 6.45) is 3.75. The van der Waals surface area contributed by atoms with Crippen LogP contribution in [0.2, 0.25) is 0 Å². The summed E-state index contributed by atoms with van der Waals surface area (Å²) in [6, 6.07) is 8.68. The van der Waals surface area contributed by atoms with E-state index in [1.807, 2.05) is 14.0 Å². The van der Waals surface area contributed by atoms with Gasteiger partial charge in [0.05, 0.1) is 6.61 Å². The van der Waals surface area contributed by atoms with E-state index >= 15 is 0 Å². The summed E-state index contributed by atoms with van der Waals surface area (Å²) in [4.78, 5) is 4.29. The molecule has 0 saturated heterocycles. The van der Waals surface area contributed by atoms with Crippen LogP contribution in [0, 0.1) is 0 Å². The van der Waals surface area contributed by atoms with Crippen molar-refractivity contribution in [1.29, 1.82) is 0 Å². The van der Waals surface area contributed by atoms with Crippen LogP contribution >= 0.6 is 15.9 Å². The molecule has 1 saturated carbocycles. The zero-order valence-electron chi connectivity index (χ0n) is 13.5. The Bertz CT molecular complexity index is 500. The van der Waals surface area contributed by atoms with Gasteiger partial charge in [-0.05, 0) is 37.5 Å². The molecule has 1 aliphatic rings. The van der Waals surface area contributed by atoms with Crippen LogP contribution in [-0.4, -0.2) is 39.3 Å². The molecular weight excluding hydrogens is 342 g/mol. The van der Waals surface area contributed by atoms with Crippen molar-refractivity contribution in [1.82, 2.24) is 10.6 Å². The van der Waals surface area contributed by atoms with Gasteiger partial charge >= 0.3 is 0 Å². The van der Waals surface area contributed by atoms with E-state index in [4.69, 9.17) is 4.74 Å². The van der Waals surface area contributed by atoms with Crippen LogP contribution in [0.1, 0.15) is 31.7 Å². The number of hydrogen-bond acceptors (Lipinski definition) is 2. The number of nitrogens with zero attached hydrogens (tertiary/aromatic N) is 1. The van der Waals surface area contributed by atoms with Gasteiger partial charge in [-0.3, -0.25) is 4.99 Å². The summed E-state index contributed by atoms with van der Waals surface area (Å²) in [5.41, 5.74) is 1.65. The van der Waals surface area contributed by atoms with E-state index in [9.17, 15) is 0 Å². The summed E-state index contributed by atoms with van der Waals surface area (Å²) >= 11 is 3.58. The van der Waals surface area contributed by atoms with E-state index in [2.05, 4.69) is 55.8 Å². The summed E-state index contributed by atoms with van der Waals surface area (Å²) in [7, 11) is 1.81. The van der Waals surface area contributed by atoms with E-state index in [1.165, 1.54) is 24.8 Å². The second-order valence-electron chi connectivity index (χ2n) is 5.69. The van der Waals surface area contributed by atoms with Gasteiger partial charge in [0.25, 0.3) is 0 Å². The molecule has 1 aromatic rings. The monoisotopic (exact) mass is 367 g/mol. The Morgan fingerprint density at radius 3 is 2.77 bits per heavy atom. The first-order valence-electron chi connectivity index (χ1n) is 7.98. The highest BCUT2D eigenvalue weighted by molar-refractivity contribution is 9.10. The normalized spacial score (nSPS) is 17.0. The van der Waals surface area contributed by atoms with Crippen LogP contribution in [0.5, 0.6) is 0 Å². The second-order valence-corrected chi connectivity index (χ2v) is 6.61. The topological polar surface area (TPSA) is 45.6 Å². The molecule has 0 spiro atoms. The fraction of sp³-hybridized carbons (Fsp3) is 0.588. The number of halogens is 1. The Morgan fingerprint density at radius 1 is 1.36 bits per heavy atom. The maximum Gasteiger partial charge on any atom is 0.191 e. The number of rotatable bonds is 7. The SMILES string of the molecule is CCOCCNC(=NC)NCC1(c2cccc(Br)c2)CCC1. The first kappa shape index (κ1) is 17.3. The van der Waals surface area contributed by atoms with Crippen LogP contribution in [0.15, 0.2) is 33.7 Å². The van der Waals surface area contributed by atoms with Crippen LogP contribution in [0.25, 0.3) is 0 Å². The summed E-state index contributed by atoms with van der Waals surface area (Å²) in [5, 5.41) is 6.77. The Morgan fingerprint density at radius 2 is 2.18 bits per heavy atom. The molecule has 0 unspecified atom stereocenters. The zero-order valence-corrected chi connectivity index (χ0v) is 15.1. The Labute approximate surface area is 141 Å². The van der Waals surface area contributed by atoms with Crippen LogP contribution in [-0.2, 0) is 10.2 Å². The second kappa shape index (κ2) is 8.53. The van der Waals surface area contributed by atoms with Gasteiger partial charge in [-0.1, -0.05) is 34.5 Å². The average molecular weight is 368 g/mol. The Hall–Kier alpha value is -1.07. The molecule has 5 heteroatoms. The predicted octanol–water partition coefficient (Wildman–Crippen LogP) is 3.07. The molecule has 0 atom stereocenters. The number of guanidine groups is 1. The zero-order chi connectivity index (χ0) is 15.8. The summed E-state index contributed by atoms with van der Waals surface area (Å²) in [6.45, 7) is 5.15. The van der Waals surface area contributed by atoms with Crippen molar-refractivity contribution in [2.45, 2.75) is 31.6 Å². The molecule has 2 rings (SSSR count). The molecule has 0 amide bonds. The minimum atomic E-state index is 0.237. The number of benzene rings is 1. The van der Waals surface area contributed by atoms with Gasteiger partial charge in [-0.15, -0.1) is 0 Å².